The van der Waals surface area contributed by atoms with Crippen LogP contribution in [0, 0.1) is 0 Å². The Morgan fingerprint density at radius 1 is 0.905 bits per heavy atom. The summed E-state index contributed by atoms with van der Waals surface area (Å²) in [6.45, 7) is 0. The van der Waals surface area contributed by atoms with Crippen molar-refractivity contribution < 1.29 is 18.0 Å². The summed E-state index contributed by atoms with van der Waals surface area (Å²) in [7, 11) is 0. The normalized spacial score (nSPS) is 22.5. The molecule has 1 fully saturated rings. The van der Waals surface area contributed by atoms with Gasteiger partial charge in [0.15, 0.2) is 6.10 Å². The van der Waals surface area contributed by atoms with Gasteiger partial charge in [-0.15, -0.1) is 0 Å². The Bertz CT molecular complexity index is 538. The van der Waals surface area contributed by atoms with Gasteiger partial charge in [-0.3, -0.25) is 4.84 Å². The number of para-hydroxylation sites is 1. The number of benzene rings is 2. The van der Waals surface area contributed by atoms with Gasteiger partial charge < -0.3 is 0 Å². The molecule has 110 valence electrons. The van der Waals surface area contributed by atoms with Crippen LogP contribution in [0.5, 0.6) is 0 Å². The lowest BCUT2D eigenvalue weighted by Gasteiger charge is -2.25. The standard InChI is InChI=1S/C16H14F3NO/c17-16(18,19)15-11-14(12-7-3-1-4-8-12)20(21-15)13-9-5-2-6-10-13/h1-10,14-15H,11H2/t14-,15+/m0/s1. The van der Waals surface area contributed by atoms with Crippen LogP contribution in [-0.4, -0.2) is 12.3 Å². The Balaban J connectivity index is 1.95. The summed E-state index contributed by atoms with van der Waals surface area (Å²) in [4.78, 5) is 5.19. The topological polar surface area (TPSA) is 12.5 Å². The number of hydrogen-bond acceptors (Lipinski definition) is 2. The van der Waals surface area contributed by atoms with Gasteiger partial charge in [0, 0.05) is 6.42 Å². The van der Waals surface area contributed by atoms with Crippen LogP contribution in [0.3, 0.4) is 0 Å². The first-order valence-electron chi connectivity index (χ1n) is 6.68. The van der Waals surface area contributed by atoms with Gasteiger partial charge in [-0.05, 0) is 17.7 Å². The maximum atomic E-state index is 13.0. The highest BCUT2D eigenvalue weighted by Crippen LogP contribution is 2.42. The number of halogens is 3. The number of hydrogen-bond donors (Lipinski definition) is 0. The van der Waals surface area contributed by atoms with E-state index in [0.29, 0.717) is 5.69 Å². The smallest absolute Gasteiger partial charge is 0.260 e. The van der Waals surface area contributed by atoms with Crippen molar-refractivity contribution in [2.75, 3.05) is 5.06 Å². The van der Waals surface area contributed by atoms with E-state index < -0.39 is 18.3 Å². The molecule has 2 aromatic rings. The van der Waals surface area contributed by atoms with Crippen molar-refractivity contribution in [2.24, 2.45) is 0 Å². The highest BCUT2D eigenvalue weighted by atomic mass is 19.4. The zero-order valence-corrected chi connectivity index (χ0v) is 11.1. The summed E-state index contributed by atoms with van der Waals surface area (Å²) in [5.41, 5.74) is 1.44. The molecule has 1 aliphatic rings. The highest BCUT2D eigenvalue weighted by Gasteiger charge is 2.49. The van der Waals surface area contributed by atoms with E-state index in [0.717, 1.165) is 5.56 Å². The van der Waals surface area contributed by atoms with E-state index in [4.69, 9.17) is 4.84 Å². The van der Waals surface area contributed by atoms with Crippen molar-refractivity contribution in [1.82, 2.24) is 0 Å². The molecule has 0 radical (unpaired) electrons. The van der Waals surface area contributed by atoms with Gasteiger partial charge in [0.05, 0.1) is 11.7 Å². The Morgan fingerprint density at radius 3 is 2.05 bits per heavy atom. The Labute approximate surface area is 120 Å². The SMILES string of the molecule is FC(F)(F)[C@H]1C[C@@H](c2ccccc2)N(c2ccccc2)O1. The van der Waals surface area contributed by atoms with E-state index in [1.807, 2.05) is 36.4 Å². The lowest BCUT2D eigenvalue weighted by atomic mass is 10.0. The quantitative estimate of drug-likeness (QED) is 0.808. The van der Waals surface area contributed by atoms with E-state index in [9.17, 15) is 13.2 Å². The molecule has 0 N–H and O–H groups in total. The van der Waals surface area contributed by atoms with E-state index in [1.54, 1.807) is 24.3 Å². The first kappa shape index (κ1) is 13.9. The number of nitrogens with zero attached hydrogens (tertiary/aromatic N) is 1. The fourth-order valence-corrected chi connectivity index (χ4v) is 2.51. The maximum Gasteiger partial charge on any atom is 0.417 e. The van der Waals surface area contributed by atoms with E-state index >= 15 is 0 Å². The maximum absolute atomic E-state index is 13.0. The van der Waals surface area contributed by atoms with Crippen molar-refractivity contribution >= 4 is 5.69 Å². The van der Waals surface area contributed by atoms with Crippen LogP contribution in [0.1, 0.15) is 18.0 Å². The van der Waals surface area contributed by atoms with Crippen LogP contribution in [0.25, 0.3) is 0 Å². The van der Waals surface area contributed by atoms with Gasteiger partial charge in [0.2, 0.25) is 0 Å². The minimum atomic E-state index is -4.36. The van der Waals surface area contributed by atoms with Gasteiger partial charge in [-0.1, -0.05) is 48.5 Å². The van der Waals surface area contributed by atoms with Crippen molar-refractivity contribution in [3.05, 3.63) is 66.2 Å². The molecule has 1 aliphatic heterocycles. The number of alkyl halides is 3. The summed E-state index contributed by atoms with van der Waals surface area (Å²) in [5, 5.41) is 1.37. The monoisotopic (exact) mass is 293 g/mol. The van der Waals surface area contributed by atoms with Crippen molar-refractivity contribution in [3.8, 4) is 0 Å². The first-order valence-corrected chi connectivity index (χ1v) is 6.68. The lowest BCUT2D eigenvalue weighted by Crippen LogP contribution is -2.30. The lowest BCUT2D eigenvalue weighted by molar-refractivity contribution is -0.209. The van der Waals surface area contributed by atoms with E-state index in [-0.39, 0.29) is 6.42 Å². The summed E-state index contributed by atoms with van der Waals surface area (Å²) in [5.74, 6) is 0. The predicted molar refractivity (Wildman–Crippen MR) is 73.6 cm³/mol. The third-order valence-electron chi connectivity index (χ3n) is 3.52. The van der Waals surface area contributed by atoms with Crippen LogP contribution in [0.4, 0.5) is 18.9 Å². The van der Waals surface area contributed by atoms with E-state index in [1.165, 1.54) is 5.06 Å². The summed E-state index contributed by atoms with van der Waals surface area (Å²) < 4.78 is 39.0. The number of rotatable bonds is 2. The third kappa shape index (κ3) is 2.88. The molecule has 1 heterocycles. The zero-order chi connectivity index (χ0) is 14.9. The predicted octanol–water partition coefficient (Wildman–Crippen LogP) is 4.50. The molecule has 0 aliphatic carbocycles. The number of hydroxylamine groups is 1. The van der Waals surface area contributed by atoms with Gasteiger partial charge >= 0.3 is 6.18 Å². The first-order chi connectivity index (χ1) is 10.1. The summed E-state index contributed by atoms with van der Waals surface area (Å²) in [6, 6.07) is 17.5. The van der Waals surface area contributed by atoms with Gasteiger partial charge in [-0.25, -0.2) is 5.06 Å². The molecule has 0 unspecified atom stereocenters. The molecule has 0 amide bonds. The van der Waals surface area contributed by atoms with Crippen LogP contribution < -0.4 is 5.06 Å². The molecule has 5 heteroatoms. The summed E-state index contributed by atoms with van der Waals surface area (Å²) in [6.07, 6.45) is -6.25. The molecule has 2 atom stereocenters. The molecule has 21 heavy (non-hydrogen) atoms. The van der Waals surface area contributed by atoms with Crippen LogP contribution in [0.2, 0.25) is 0 Å². The van der Waals surface area contributed by atoms with Crippen LogP contribution >= 0.6 is 0 Å². The molecule has 1 saturated heterocycles. The minimum absolute atomic E-state index is 0.109. The van der Waals surface area contributed by atoms with Crippen molar-refractivity contribution in [2.45, 2.75) is 24.7 Å². The van der Waals surface area contributed by atoms with E-state index in [2.05, 4.69) is 0 Å². The largest absolute Gasteiger partial charge is 0.417 e. The molecule has 3 rings (SSSR count). The minimum Gasteiger partial charge on any atom is -0.260 e. The fourth-order valence-electron chi connectivity index (χ4n) is 2.51. The highest BCUT2D eigenvalue weighted by molar-refractivity contribution is 5.47. The average molecular weight is 293 g/mol. The summed E-state index contributed by atoms with van der Waals surface area (Å²) >= 11 is 0. The molecule has 2 aromatic carbocycles. The van der Waals surface area contributed by atoms with Gasteiger partial charge in [0.1, 0.15) is 0 Å². The molecule has 0 aromatic heterocycles. The van der Waals surface area contributed by atoms with Crippen molar-refractivity contribution in [3.63, 3.8) is 0 Å². The second kappa shape index (κ2) is 5.41. The zero-order valence-electron chi connectivity index (χ0n) is 11.1. The molecular weight excluding hydrogens is 279 g/mol. The molecule has 2 nitrogen and oxygen atoms in total. The second-order valence-corrected chi connectivity index (χ2v) is 4.96. The molecule has 0 bridgehead atoms. The average Bonchev–Trinajstić information content (AvgIpc) is 2.94. The van der Waals surface area contributed by atoms with Crippen LogP contribution in [0.15, 0.2) is 60.7 Å². The Kier molecular flexibility index (Phi) is 3.59. The molecular formula is C16H14F3NO. The van der Waals surface area contributed by atoms with Gasteiger partial charge in [0.25, 0.3) is 0 Å². The second-order valence-electron chi connectivity index (χ2n) is 4.96. The van der Waals surface area contributed by atoms with Crippen molar-refractivity contribution in [1.29, 1.82) is 0 Å². The Hall–Kier alpha value is -2.01. The molecule has 0 spiro atoms. The molecule has 0 saturated carbocycles. The fraction of sp³-hybridized carbons (Fsp3) is 0.250. The Morgan fingerprint density at radius 2 is 1.48 bits per heavy atom. The van der Waals surface area contributed by atoms with Crippen LogP contribution in [-0.2, 0) is 4.84 Å². The van der Waals surface area contributed by atoms with Gasteiger partial charge in [-0.2, -0.15) is 13.2 Å². The number of anilines is 1. The third-order valence-corrected chi connectivity index (χ3v) is 3.52.